The lowest BCUT2D eigenvalue weighted by atomic mass is 9.97. The number of nitrogens with zero attached hydrogens (tertiary/aromatic N) is 3. The molecule has 0 saturated carbocycles. The van der Waals surface area contributed by atoms with Crippen LogP contribution in [0.3, 0.4) is 0 Å². The second kappa shape index (κ2) is 6.77. The highest BCUT2D eigenvalue weighted by atomic mass is 16.1. The standard InChI is InChI=1S/C18H22N4O/c1-13-9-19-8-6-15(13)10-21-18(23)16-12-22(11-14(16)2)17-5-3-4-7-20-17/h3-9,14,16H,10-12H2,1-2H3,(H,21,23)/t14-,16-/m1/s1. The fourth-order valence-corrected chi connectivity index (χ4v) is 3.05. The Morgan fingerprint density at radius 2 is 2.17 bits per heavy atom. The van der Waals surface area contributed by atoms with Gasteiger partial charge < -0.3 is 10.2 Å². The van der Waals surface area contributed by atoms with Gasteiger partial charge in [-0.3, -0.25) is 9.78 Å². The van der Waals surface area contributed by atoms with Crippen LogP contribution in [-0.4, -0.2) is 29.0 Å². The van der Waals surface area contributed by atoms with Gasteiger partial charge in [-0.25, -0.2) is 4.98 Å². The van der Waals surface area contributed by atoms with Crippen molar-refractivity contribution in [3.05, 3.63) is 54.0 Å². The normalized spacial score (nSPS) is 20.5. The maximum atomic E-state index is 12.5. The van der Waals surface area contributed by atoms with Crippen LogP contribution in [0.4, 0.5) is 5.82 Å². The third-order valence-corrected chi connectivity index (χ3v) is 4.51. The summed E-state index contributed by atoms with van der Waals surface area (Å²) in [5.74, 6) is 1.38. The summed E-state index contributed by atoms with van der Waals surface area (Å²) in [5, 5.41) is 3.07. The van der Waals surface area contributed by atoms with Crippen molar-refractivity contribution < 1.29 is 4.79 Å². The van der Waals surface area contributed by atoms with E-state index in [-0.39, 0.29) is 11.8 Å². The minimum atomic E-state index is -0.000788. The SMILES string of the molecule is Cc1cnccc1CNC(=O)[C@@H]1CN(c2ccccn2)C[C@H]1C. The van der Waals surface area contributed by atoms with E-state index in [2.05, 4.69) is 27.1 Å². The van der Waals surface area contributed by atoms with Crippen molar-refractivity contribution in [2.75, 3.05) is 18.0 Å². The molecule has 0 unspecified atom stereocenters. The lowest BCUT2D eigenvalue weighted by Crippen LogP contribution is -2.34. The zero-order valence-corrected chi connectivity index (χ0v) is 13.6. The van der Waals surface area contributed by atoms with Gasteiger partial charge in [-0.2, -0.15) is 0 Å². The number of amides is 1. The summed E-state index contributed by atoms with van der Waals surface area (Å²) >= 11 is 0. The van der Waals surface area contributed by atoms with Gasteiger partial charge in [-0.1, -0.05) is 13.0 Å². The molecule has 2 atom stereocenters. The molecule has 0 bridgehead atoms. The summed E-state index contributed by atoms with van der Waals surface area (Å²) in [6.07, 6.45) is 5.37. The van der Waals surface area contributed by atoms with Gasteiger partial charge in [0.2, 0.25) is 5.91 Å². The van der Waals surface area contributed by atoms with Crippen LogP contribution >= 0.6 is 0 Å². The van der Waals surface area contributed by atoms with Crippen LogP contribution in [0, 0.1) is 18.8 Å². The lowest BCUT2D eigenvalue weighted by Gasteiger charge is -2.17. The van der Waals surface area contributed by atoms with E-state index in [1.54, 1.807) is 12.4 Å². The van der Waals surface area contributed by atoms with Crippen molar-refractivity contribution in [1.29, 1.82) is 0 Å². The molecule has 3 rings (SSSR count). The van der Waals surface area contributed by atoms with Gasteiger partial charge in [-0.15, -0.1) is 0 Å². The summed E-state index contributed by atoms with van der Waals surface area (Å²) in [5.41, 5.74) is 2.21. The molecule has 0 aliphatic carbocycles. The zero-order chi connectivity index (χ0) is 16.2. The topological polar surface area (TPSA) is 58.1 Å². The molecule has 5 heteroatoms. The molecule has 2 aromatic heterocycles. The van der Waals surface area contributed by atoms with Crippen LogP contribution in [-0.2, 0) is 11.3 Å². The third-order valence-electron chi connectivity index (χ3n) is 4.51. The van der Waals surface area contributed by atoms with E-state index >= 15 is 0 Å². The summed E-state index contributed by atoms with van der Waals surface area (Å²) in [6.45, 7) is 6.28. The second-order valence-electron chi connectivity index (χ2n) is 6.20. The van der Waals surface area contributed by atoms with Crippen molar-refractivity contribution in [2.45, 2.75) is 20.4 Å². The van der Waals surface area contributed by atoms with Crippen LogP contribution in [0.25, 0.3) is 0 Å². The van der Waals surface area contributed by atoms with Gasteiger partial charge in [0.1, 0.15) is 5.82 Å². The van der Waals surface area contributed by atoms with Crippen LogP contribution in [0.1, 0.15) is 18.1 Å². The summed E-state index contributed by atoms with van der Waals surface area (Å²) in [7, 11) is 0. The molecular formula is C18H22N4O. The van der Waals surface area contributed by atoms with Gasteiger partial charge in [0, 0.05) is 38.2 Å². The Kier molecular flexibility index (Phi) is 4.55. The first kappa shape index (κ1) is 15.5. The molecule has 1 fully saturated rings. The van der Waals surface area contributed by atoms with Crippen LogP contribution in [0.15, 0.2) is 42.9 Å². The van der Waals surface area contributed by atoms with Gasteiger partial charge in [-0.05, 0) is 42.2 Å². The third kappa shape index (κ3) is 3.50. The molecule has 1 aliphatic heterocycles. The minimum absolute atomic E-state index is 0.000788. The number of nitrogens with one attached hydrogen (secondary N) is 1. The molecule has 1 aliphatic rings. The second-order valence-corrected chi connectivity index (χ2v) is 6.20. The molecule has 1 N–H and O–H groups in total. The Morgan fingerprint density at radius 3 is 2.91 bits per heavy atom. The highest BCUT2D eigenvalue weighted by Crippen LogP contribution is 2.26. The average molecular weight is 310 g/mol. The predicted octanol–water partition coefficient (Wildman–Crippen LogP) is 2.17. The van der Waals surface area contributed by atoms with E-state index in [4.69, 9.17) is 0 Å². The van der Waals surface area contributed by atoms with Crippen molar-refractivity contribution in [3.8, 4) is 0 Å². The number of aryl methyl sites for hydroxylation is 1. The molecule has 1 saturated heterocycles. The van der Waals surface area contributed by atoms with E-state index in [1.165, 1.54) is 0 Å². The van der Waals surface area contributed by atoms with E-state index in [0.29, 0.717) is 12.5 Å². The maximum absolute atomic E-state index is 12.5. The molecule has 0 aromatic carbocycles. The first-order valence-corrected chi connectivity index (χ1v) is 7.98. The smallest absolute Gasteiger partial charge is 0.225 e. The van der Waals surface area contributed by atoms with Crippen molar-refractivity contribution in [3.63, 3.8) is 0 Å². The van der Waals surface area contributed by atoms with E-state index in [1.807, 2.05) is 37.4 Å². The summed E-state index contributed by atoms with van der Waals surface area (Å²) < 4.78 is 0. The summed E-state index contributed by atoms with van der Waals surface area (Å²) in [6, 6.07) is 7.83. The fraction of sp³-hybridized carbons (Fsp3) is 0.389. The van der Waals surface area contributed by atoms with Crippen LogP contribution in [0.5, 0.6) is 0 Å². The van der Waals surface area contributed by atoms with Gasteiger partial charge in [0.15, 0.2) is 0 Å². The minimum Gasteiger partial charge on any atom is -0.356 e. The lowest BCUT2D eigenvalue weighted by molar-refractivity contribution is -0.125. The molecule has 1 amide bonds. The van der Waals surface area contributed by atoms with Crippen molar-refractivity contribution in [1.82, 2.24) is 15.3 Å². The predicted molar refractivity (Wildman–Crippen MR) is 89.9 cm³/mol. The average Bonchev–Trinajstić information content (AvgIpc) is 2.97. The molecule has 3 heterocycles. The van der Waals surface area contributed by atoms with Gasteiger partial charge in [0.05, 0.1) is 5.92 Å². The molecular weight excluding hydrogens is 288 g/mol. The quantitative estimate of drug-likeness (QED) is 0.940. The Balaban J connectivity index is 1.61. The highest BCUT2D eigenvalue weighted by molar-refractivity contribution is 5.80. The van der Waals surface area contributed by atoms with Crippen molar-refractivity contribution >= 4 is 11.7 Å². The molecule has 23 heavy (non-hydrogen) atoms. The maximum Gasteiger partial charge on any atom is 0.225 e. The molecule has 5 nitrogen and oxygen atoms in total. The first-order chi connectivity index (χ1) is 11.1. The van der Waals surface area contributed by atoms with Crippen LogP contribution < -0.4 is 10.2 Å². The monoisotopic (exact) mass is 310 g/mol. The number of carbonyl (C=O) groups excluding carboxylic acids is 1. The summed E-state index contributed by atoms with van der Waals surface area (Å²) in [4.78, 5) is 23.2. The number of hydrogen-bond donors (Lipinski definition) is 1. The Hall–Kier alpha value is -2.43. The van der Waals surface area contributed by atoms with E-state index in [0.717, 1.165) is 30.0 Å². The van der Waals surface area contributed by atoms with Gasteiger partial charge in [0.25, 0.3) is 0 Å². The number of hydrogen-bond acceptors (Lipinski definition) is 4. The van der Waals surface area contributed by atoms with Gasteiger partial charge >= 0.3 is 0 Å². The number of anilines is 1. The highest BCUT2D eigenvalue weighted by Gasteiger charge is 2.35. The molecule has 0 radical (unpaired) electrons. The van der Waals surface area contributed by atoms with Crippen molar-refractivity contribution in [2.24, 2.45) is 11.8 Å². The fourth-order valence-electron chi connectivity index (χ4n) is 3.05. The van der Waals surface area contributed by atoms with E-state index in [9.17, 15) is 4.79 Å². The number of pyridine rings is 2. The van der Waals surface area contributed by atoms with Crippen LogP contribution in [0.2, 0.25) is 0 Å². The zero-order valence-electron chi connectivity index (χ0n) is 13.6. The molecule has 2 aromatic rings. The molecule has 120 valence electrons. The van der Waals surface area contributed by atoms with E-state index < -0.39 is 0 Å². The number of aromatic nitrogens is 2. The molecule has 0 spiro atoms. The Bertz CT molecular complexity index is 674. The largest absolute Gasteiger partial charge is 0.356 e. The number of carbonyl (C=O) groups is 1. The first-order valence-electron chi connectivity index (χ1n) is 7.98. The Morgan fingerprint density at radius 1 is 1.30 bits per heavy atom. The number of rotatable bonds is 4. The Labute approximate surface area is 136 Å².